The lowest BCUT2D eigenvalue weighted by Gasteiger charge is -2.64. The largest absolute Gasteiger partial charge is 0.496 e. The van der Waals surface area contributed by atoms with Crippen molar-refractivity contribution in [2.45, 2.75) is 104 Å². The number of carbonyl (C=O) groups is 6. The summed E-state index contributed by atoms with van der Waals surface area (Å²) in [6.07, 6.45) is 0.777. The van der Waals surface area contributed by atoms with Crippen molar-refractivity contribution in [2.24, 2.45) is 17.3 Å². The smallest absolute Gasteiger partial charge is 0.482 e. The number of thiazole rings is 1. The van der Waals surface area contributed by atoms with E-state index in [1.54, 1.807) is 45.9 Å². The average molecular weight is 887 g/mol. The number of carbonyl (C=O) groups excluding carboxylic acids is 6. The summed E-state index contributed by atoms with van der Waals surface area (Å²) in [6.45, 7) is 12.9. The average Bonchev–Trinajstić information content (AvgIpc) is 3.84. The van der Waals surface area contributed by atoms with E-state index >= 15 is 0 Å². The second-order valence-corrected chi connectivity index (χ2v) is 19.0. The highest BCUT2D eigenvalue weighted by molar-refractivity contribution is 7.13. The van der Waals surface area contributed by atoms with Crippen LogP contribution in [-0.2, 0) is 46.2 Å². The van der Waals surface area contributed by atoms with Gasteiger partial charge in [-0.25, -0.2) is 19.4 Å². The molecule has 2 saturated heterocycles. The number of hydrogen-bond acceptors (Lipinski definition) is 13. The molecule has 2 bridgehead atoms. The number of rotatable bonds is 13. The van der Waals surface area contributed by atoms with Crippen molar-refractivity contribution in [1.82, 2.24) is 25.4 Å². The first-order valence-corrected chi connectivity index (χ1v) is 22.0. The molecule has 2 aliphatic heterocycles. The van der Waals surface area contributed by atoms with Crippen LogP contribution < -0.4 is 20.7 Å². The van der Waals surface area contributed by atoms with Crippen LogP contribution in [0.4, 0.5) is 14.7 Å². The van der Waals surface area contributed by atoms with Gasteiger partial charge in [0.2, 0.25) is 17.7 Å². The predicted octanol–water partition coefficient (Wildman–Crippen LogP) is 5.29. The maximum atomic E-state index is 14.8. The number of urea groups is 1. The Hall–Kier alpha value is -5.53. The van der Waals surface area contributed by atoms with Crippen LogP contribution in [0, 0.1) is 17.3 Å². The number of imide groups is 1. The molecule has 3 aliphatic carbocycles. The van der Waals surface area contributed by atoms with Gasteiger partial charge >= 0.3 is 25.2 Å². The highest BCUT2D eigenvalue weighted by Gasteiger charge is 2.68. The van der Waals surface area contributed by atoms with Gasteiger partial charge in [-0.2, -0.15) is 0 Å². The van der Waals surface area contributed by atoms with Crippen molar-refractivity contribution in [1.29, 1.82) is 0 Å². The third kappa shape index (κ3) is 9.55. The molecule has 6 atom stereocenters. The summed E-state index contributed by atoms with van der Waals surface area (Å²) >= 11 is 0.997. The molecule has 0 spiro atoms. The van der Waals surface area contributed by atoms with E-state index in [1.165, 1.54) is 12.5 Å². The summed E-state index contributed by atoms with van der Waals surface area (Å²) in [5, 5.41) is 9.91. The Morgan fingerprint density at radius 1 is 1.00 bits per heavy atom. The van der Waals surface area contributed by atoms with Gasteiger partial charge in [-0.3, -0.25) is 24.6 Å². The molecule has 63 heavy (non-hydrogen) atoms. The van der Waals surface area contributed by atoms with Gasteiger partial charge in [0.15, 0.2) is 11.2 Å². The van der Waals surface area contributed by atoms with Crippen LogP contribution in [0.3, 0.4) is 0 Å². The molecular formula is C44H55BN6O11S. The number of likely N-dealkylation sites (N-methyl/N-ethyl adjacent to an activating group) is 1. The molecule has 8 rings (SSSR count). The lowest BCUT2D eigenvalue weighted by Crippen LogP contribution is -2.65. The van der Waals surface area contributed by atoms with Gasteiger partial charge in [-0.1, -0.05) is 56.3 Å². The molecule has 4 unspecified atom stereocenters. The molecule has 3 saturated carbocycles. The van der Waals surface area contributed by atoms with Crippen molar-refractivity contribution in [3.63, 3.8) is 0 Å². The molecule has 5 fully saturated rings. The van der Waals surface area contributed by atoms with Crippen molar-refractivity contribution in [3.8, 4) is 5.75 Å². The second kappa shape index (κ2) is 17.9. The van der Waals surface area contributed by atoms with E-state index in [1.807, 2.05) is 30.3 Å². The molecule has 3 aromatic rings. The second-order valence-electron chi connectivity index (χ2n) is 18.2. The Labute approximate surface area is 371 Å². The van der Waals surface area contributed by atoms with E-state index in [2.05, 4.69) is 41.7 Å². The first-order valence-electron chi connectivity index (χ1n) is 21.2. The van der Waals surface area contributed by atoms with Crippen LogP contribution in [0.15, 0.2) is 53.9 Å². The molecule has 17 nitrogen and oxygen atoms in total. The zero-order valence-electron chi connectivity index (χ0n) is 36.9. The summed E-state index contributed by atoms with van der Waals surface area (Å²) in [7, 11) is 0.468. The third-order valence-electron chi connectivity index (χ3n) is 12.6. The minimum atomic E-state index is -1.51. The first-order chi connectivity index (χ1) is 29.8. The van der Waals surface area contributed by atoms with E-state index in [4.69, 9.17) is 23.5 Å². The Morgan fingerprint density at radius 3 is 2.37 bits per heavy atom. The van der Waals surface area contributed by atoms with Gasteiger partial charge < -0.3 is 39.1 Å². The Morgan fingerprint density at radius 2 is 1.71 bits per heavy atom. The number of piperazine rings is 1. The van der Waals surface area contributed by atoms with Crippen LogP contribution in [0.2, 0.25) is 0 Å². The molecule has 6 amide bonds. The highest BCUT2D eigenvalue weighted by Crippen LogP contribution is 2.65. The van der Waals surface area contributed by atoms with Gasteiger partial charge in [0, 0.05) is 11.9 Å². The van der Waals surface area contributed by atoms with Crippen LogP contribution >= 0.6 is 11.3 Å². The lowest BCUT2D eigenvalue weighted by atomic mass is 9.43. The predicted molar refractivity (Wildman–Crippen MR) is 232 cm³/mol. The number of methoxy groups -OCH3 is 1. The summed E-state index contributed by atoms with van der Waals surface area (Å²) in [6, 6.07) is 11.8. The number of nitrogens with one attached hydrogen (secondary N) is 3. The Bertz CT molecular complexity index is 2230. The number of aromatic nitrogens is 1. The first kappa shape index (κ1) is 45.5. The quantitative estimate of drug-likeness (QED) is 0.114. The number of para-hydroxylation sites is 1. The third-order valence-corrected chi connectivity index (χ3v) is 13.4. The molecule has 5 aliphatic rings. The number of anilines is 1. The van der Waals surface area contributed by atoms with Crippen molar-refractivity contribution >= 4 is 59.4 Å². The van der Waals surface area contributed by atoms with Crippen LogP contribution in [-0.4, -0.2) is 108 Å². The fourth-order valence-corrected chi connectivity index (χ4v) is 9.99. The van der Waals surface area contributed by atoms with Crippen molar-refractivity contribution in [2.75, 3.05) is 32.1 Å². The molecule has 19 heteroatoms. The van der Waals surface area contributed by atoms with E-state index in [9.17, 15) is 28.8 Å². The minimum Gasteiger partial charge on any atom is -0.496 e. The lowest BCUT2D eigenvalue weighted by molar-refractivity contribution is -0.199. The minimum absolute atomic E-state index is 0.00565. The monoisotopic (exact) mass is 886 g/mol. The van der Waals surface area contributed by atoms with Crippen LogP contribution in [0.1, 0.15) is 94.5 Å². The summed E-state index contributed by atoms with van der Waals surface area (Å²) in [4.78, 5) is 87.1. The maximum absolute atomic E-state index is 14.8. The van der Waals surface area contributed by atoms with Crippen LogP contribution in [0.25, 0.3) is 0 Å². The van der Waals surface area contributed by atoms with E-state index in [0.717, 1.165) is 39.5 Å². The number of benzene rings is 2. The number of nitrogens with zero attached hydrogens (tertiary/aromatic N) is 3. The van der Waals surface area contributed by atoms with E-state index in [-0.39, 0.29) is 59.1 Å². The SMILES string of the molecule is CCN1C(=O)CN(C(=O)NC(C(=O)N[C@@H](Cc2cccc(C(=O)OC(C)(C)C)c2OC)B2OC3CC4CC(C4(C)C)[C@]3(C)O2)c2csc(NC(=O)OCc3ccccc3)n2)CC1=O. The van der Waals surface area contributed by atoms with Crippen LogP contribution in [0.5, 0.6) is 5.75 Å². The maximum Gasteiger partial charge on any atom is 0.482 e. The van der Waals surface area contributed by atoms with Gasteiger partial charge in [0.1, 0.15) is 36.6 Å². The molecule has 336 valence electrons. The standard InChI is InChI=1S/C44H55BN6O11S/c1-9-51-33(52)21-50(22-34(51)53)40(56)48-35(29-24-63-39(46-29)49-41(57)59-23-25-14-11-10-12-15-25)37(54)47-32(45-61-31-20-27-19-30(43(27,5)6)44(31,7)62-45)18-26-16-13-17-28(36(26)58-8)38(55)60-42(2,3)4/h10-17,24,27,30-32,35H,9,18-23H2,1-8H3,(H,47,54)(H,48,56)(H,46,49,57)/t27?,30?,31?,32-,35?,44-/m0/s1. The number of ether oxygens (including phenoxy) is 3. The molecule has 2 aromatic carbocycles. The van der Waals surface area contributed by atoms with Gasteiger partial charge in [0.05, 0.1) is 30.4 Å². The van der Waals surface area contributed by atoms with Crippen molar-refractivity contribution < 1.29 is 52.3 Å². The zero-order valence-corrected chi connectivity index (χ0v) is 37.7. The Balaban J connectivity index is 1.19. The number of hydrogen-bond donors (Lipinski definition) is 3. The molecule has 3 N–H and O–H groups in total. The summed E-state index contributed by atoms with van der Waals surface area (Å²) in [5.74, 6) is -2.48. The van der Waals surface area contributed by atoms with E-state index in [0.29, 0.717) is 11.5 Å². The van der Waals surface area contributed by atoms with E-state index < -0.39 is 79.2 Å². The molecule has 1 aromatic heterocycles. The van der Waals surface area contributed by atoms with Gasteiger partial charge in [0.25, 0.3) is 0 Å². The van der Waals surface area contributed by atoms with Gasteiger partial charge in [-0.05, 0) is 88.3 Å². The number of amides is 6. The fraction of sp³-hybridized carbons (Fsp3) is 0.523. The topological polar surface area (TPSA) is 204 Å². The van der Waals surface area contributed by atoms with Gasteiger partial charge in [-0.15, -0.1) is 11.3 Å². The number of esters is 1. The Kier molecular flexibility index (Phi) is 12.9. The normalized spacial score (nSPS) is 23.5. The molecular weight excluding hydrogens is 831 g/mol. The molecule has 0 radical (unpaired) electrons. The highest BCUT2D eigenvalue weighted by atomic mass is 32.1. The summed E-state index contributed by atoms with van der Waals surface area (Å²) in [5.41, 5.74) is 0.143. The summed E-state index contributed by atoms with van der Waals surface area (Å²) < 4.78 is 30.5. The zero-order chi connectivity index (χ0) is 45.4. The molecule has 3 heterocycles. The fourth-order valence-electron chi connectivity index (χ4n) is 9.27. The van der Waals surface area contributed by atoms with Crippen molar-refractivity contribution in [3.05, 3.63) is 76.3 Å².